The molecule has 0 fully saturated rings. The number of methoxy groups -OCH3 is 1. The van der Waals surface area contributed by atoms with Crippen LogP contribution < -0.4 is 4.74 Å². The number of rotatable bonds is 5. The highest BCUT2D eigenvalue weighted by Gasteiger charge is 2.32. The number of furan rings is 1. The Balaban J connectivity index is 1.79. The zero-order chi connectivity index (χ0) is 22.4. The Bertz CT molecular complexity index is 1470. The zero-order valence-electron chi connectivity index (χ0n) is 17.1. The molecular weight excluding hydrogens is 430 g/mol. The first-order chi connectivity index (χ1) is 15.5. The molecule has 1 aromatic carbocycles. The third-order valence-corrected chi connectivity index (χ3v) is 6.00. The summed E-state index contributed by atoms with van der Waals surface area (Å²) in [4.78, 5) is 22.2. The van der Waals surface area contributed by atoms with Gasteiger partial charge in [0.15, 0.2) is 16.6 Å². The number of hydrogen-bond acceptors (Lipinski definition) is 8. The molecular formula is C23H17N3O5S. The number of carbonyl (C=O) groups excluding carboxylic acids is 1. The van der Waals surface area contributed by atoms with E-state index in [0.717, 1.165) is 4.70 Å². The first-order valence-corrected chi connectivity index (χ1v) is 10.4. The Morgan fingerprint density at radius 1 is 1.16 bits per heavy atom. The SMILES string of the molecule is COc1ccc2nc(-n3c(O)c(O)c(C(=O)c4ccc(C)o4)c3-c3ccccn3)sc2c1. The molecule has 8 nitrogen and oxygen atoms in total. The van der Waals surface area contributed by atoms with Crippen LogP contribution in [0.3, 0.4) is 0 Å². The van der Waals surface area contributed by atoms with Crippen LogP contribution in [0.1, 0.15) is 21.9 Å². The molecule has 5 rings (SSSR count). The van der Waals surface area contributed by atoms with Crippen LogP contribution in [0.25, 0.3) is 26.7 Å². The molecule has 0 aliphatic rings. The third-order valence-electron chi connectivity index (χ3n) is 5.00. The van der Waals surface area contributed by atoms with Gasteiger partial charge in [-0.05, 0) is 49.4 Å². The third kappa shape index (κ3) is 3.10. The van der Waals surface area contributed by atoms with Crippen molar-refractivity contribution < 1.29 is 24.2 Å². The fourth-order valence-corrected chi connectivity index (χ4v) is 4.49. The monoisotopic (exact) mass is 447 g/mol. The van der Waals surface area contributed by atoms with Gasteiger partial charge in [-0.15, -0.1) is 0 Å². The lowest BCUT2D eigenvalue weighted by molar-refractivity contribution is 0.101. The number of carbonyl (C=O) groups is 1. The van der Waals surface area contributed by atoms with Gasteiger partial charge in [0.2, 0.25) is 11.7 Å². The molecule has 0 bridgehead atoms. The Morgan fingerprint density at radius 2 is 2.00 bits per heavy atom. The summed E-state index contributed by atoms with van der Waals surface area (Å²) in [6.45, 7) is 1.72. The molecule has 0 radical (unpaired) electrons. The number of hydrogen-bond donors (Lipinski definition) is 2. The summed E-state index contributed by atoms with van der Waals surface area (Å²) in [5, 5.41) is 22.1. The van der Waals surface area contributed by atoms with Crippen LogP contribution in [-0.2, 0) is 0 Å². The fourth-order valence-electron chi connectivity index (χ4n) is 3.49. The molecule has 0 amide bonds. The van der Waals surface area contributed by atoms with Crippen molar-refractivity contribution >= 4 is 27.3 Å². The highest BCUT2D eigenvalue weighted by atomic mass is 32.1. The van der Waals surface area contributed by atoms with E-state index in [1.54, 1.807) is 56.6 Å². The number of pyridine rings is 1. The van der Waals surface area contributed by atoms with Gasteiger partial charge in [-0.3, -0.25) is 14.3 Å². The molecule has 0 saturated heterocycles. The highest BCUT2D eigenvalue weighted by Crippen LogP contribution is 2.45. The molecule has 32 heavy (non-hydrogen) atoms. The van der Waals surface area contributed by atoms with Gasteiger partial charge in [-0.1, -0.05) is 17.4 Å². The Kier molecular flexibility index (Phi) is 4.67. The van der Waals surface area contributed by atoms with Gasteiger partial charge in [0.05, 0.1) is 34.3 Å². The van der Waals surface area contributed by atoms with Gasteiger partial charge in [-0.2, -0.15) is 0 Å². The molecule has 0 aliphatic carbocycles. The lowest BCUT2D eigenvalue weighted by Crippen LogP contribution is -2.04. The molecule has 0 aliphatic heterocycles. The number of fused-ring (bicyclic) bond motifs is 1. The van der Waals surface area contributed by atoms with Crippen molar-refractivity contribution in [3.05, 3.63) is 71.8 Å². The number of ether oxygens (including phenoxy) is 1. The molecule has 5 aromatic rings. The number of benzene rings is 1. The minimum atomic E-state index is -0.576. The maximum atomic E-state index is 13.3. The fraction of sp³-hybridized carbons (Fsp3) is 0.0870. The predicted octanol–water partition coefficient (Wildman–Crippen LogP) is 4.70. The molecule has 9 heteroatoms. The summed E-state index contributed by atoms with van der Waals surface area (Å²) in [6, 6.07) is 13.8. The first-order valence-electron chi connectivity index (χ1n) is 9.62. The van der Waals surface area contributed by atoms with Gasteiger partial charge >= 0.3 is 0 Å². The van der Waals surface area contributed by atoms with Crippen LogP contribution >= 0.6 is 11.3 Å². The lowest BCUT2D eigenvalue weighted by atomic mass is 10.1. The van der Waals surface area contributed by atoms with E-state index in [1.807, 2.05) is 6.07 Å². The molecule has 0 unspecified atom stereocenters. The van der Waals surface area contributed by atoms with Gasteiger partial charge in [0.25, 0.3) is 0 Å². The number of nitrogens with zero attached hydrogens (tertiary/aromatic N) is 3. The smallest absolute Gasteiger partial charge is 0.242 e. The molecule has 4 heterocycles. The summed E-state index contributed by atoms with van der Waals surface area (Å²) in [6.07, 6.45) is 1.56. The summed E-state index contributed by atoms with van der Waals surface area (Å²) in [5.74, 6) is -0.392. The van der Waals surface area contributed by atoms with Gasteiger partial charge < -0.3 is 19.4 Å². The number of aromatic nitrogens is 3. The second kappa shape index (κ2) is 7.54. The highest BCUT2D eigenvalue weighted by molar-refractivity contribution is 7.20. The lowest BCUT2D eigenvalue weighted by Gasteiger charge is -2.07. The largest absolute Gasteiger partial charge is 0.503 e. The van der Waals surface area contributed by atoms with Crippen molar-refractivity contribution in [2.24, 2.45) is 0 Å². The average molecular weight is 447 g/mol. The number of aromatic hydroxyl groups is 2. The molecule has 0 saturated carbocycles. The van der Waals surface area contributed by atoms with Crippen LogP contribution in [0.4, 0.5) is 0 Å². The topological polar surface area (TPSA) is 111 Å². The Morgan fingerprint density at radius 3 is 2.69 bits per heavy atom. The minimum absolute atomic E-state index is 0.0427. The summed E-state index contributed by atoms with van der Waals surface area (Å²) in [5.41, 5.74) is 1.16. The zero-order valence-corrected chi connectivity index (χ0v) is 17.9. The van der Waals surface area contributed by atoms with Crippen LogP contribution in [0, 0.1) is 6.92 Å². The molecule has 2 N–H and O–H groups in total. The van der Waals surface area contributed by atoms with Crippen LogP contribution in [-0.4, -0.2) is 37.6 Å². The van der Waals surface area contributed by atoms with Crippen molar-refractivity contribution in [3.8, 4) is 33.9 Å². The first kappa shape index (κ1) is 19.8. The average Bonchev–Trinajstić information content (AvgIpc) is 3.49. The number of ketones is 1. The van der Waals surface area contributed by atoms with Crippen molar-refractivity contribution in [3.63, 3.8) is 0 Å². The van der Waals surface area contributed by atoms with E-state index in [1.165, 1.54) is 22.0 Å². The van der Waals surface area contributed by atoms with Crippen LogP contribution in [0.15, 0.2) is 59.1 Å². The molecule has 160 valence electrons. The quantitative estimate of drug-likeness (QED) is 0.376. The Hall–Kier alpha value is -4.11. The molecule has 0 spiro atoms. The van der Waals surface area contributed by atoms with E-state index in [0.29, 0.717) is 27.9 Å². The summed E-state index contributed by atoms with van der Waals surface area (Å²) < 4.78 is 12.9. The van der Waals surface area contributed by atoms with Gasteiger partial charge in [-0.25, -0.2) is 4.98 Å². The van der Waals surface area contributed by atoms with Crippen molar-refractivity contribution in [2.75, 3.05) is 7.11 Å². The second-order valence-corrected chi connectivity index (χ2v) is 8.02. The van der Waals surface area contributed by atoms with E-state index >= 15 is 0 Å². The number of thiazole rings is 1. The maximum Gasteiger partial charge on any atom is 0.242 e. The van der Waals surface area contributed by atoms with Crippen LogP contribution in [0.2, 0.25) is 0 Å². The van der Waals surface area contributed by atoms with E-state index in [-0.39, 0.29) is 17.0 Å². The normalized spacial score (nSPS) is 11.2. The van der Waals surface area contributed by atoms with Crippen LogP contribution in [0.5, 0.6) is 17.4 Å². The standard InChI is InChI=1S/C23H17N3O5S/c1-12-6-9-16(31-12)20(27)18-19(15-5-3-4-10-24-15)26(22(29)21(18)28)23-25-14-8-7-13(30-2)11-17(14)32-23/h3-11,28-29H,1-2H3. The van der Waals surface area contributed by atoms with Gasteiger partial charge in [0.1, 0.15) is 11.5 Å². The van der Waals surface area contributed by atoms with E-state index < -0.39 is 17.4 Å². The second-order valence-electron chi connectivity index (χ2n) is 7.02. The number of aryl methyl sites for hydroxylation is 1. The summed E-state index contributed by atoms with van der Waals surface area (Å²) >= 11 is 1.27. The Labute approximate surface area is 186 Å². The predicted molar refractivity (Wildman–Crippen MR) is 119 cm³/mol. The van der Waals surface area contributed by atoms with Gasteiger partial charge in [0, 0.05) is 6.20 Å². The molecule has 4 aromatic heterocycles. The molecule has 0 atom stereocenters. The van der Waals surface area contributed by atoms with Crippen molar-refractivity contribution in [2.45, 2.75) is 6.92 Å². The van der Waals surface area contributed by atoms with E-state index in [9.17, 15) is 15.0 Å². The maximum absolute atomic E-state index is 13.3. The minimum Gasteiger partial charge on any atom is -0.503 e. The van der Waals surface area contributed by atoms with Crippen molar-refractivity contribution in [1.29, 1.82) is 0 Å². The van der Waals surface area contributed by atoms with Crippen molar-refractivity contribution in [1.82, 2.24) is 14.5 Å². The van der Waals surface area contributed by atoms with E-state index in [4.69, 9.17) is 9.15 Å². The van der Waals surface area contributed by atoms with E-state index in [2.05, 4.69) is 9.97 Å². The summed E-state index contributed by atoms with van der Waals surface area (Å²) in [7, 11) is 1.58.